The van der Waals surface area contributed by atoms with Crippen molar-refractivity contribution in [1.29, 1.82) is 0 Å². The Balaban J connectivity index is 1.79. The lowest BCUT2D eigenvalue weighted by Gasteiger charge is -2.43. The summed E-state index contributed by atoms with van der Waals surface area (Å²) in [6.45, 7) is 3.50. The Bertz CT molecular complexity index is 640. The molecule has 1 fully saturated rings. The number of nitrogens with one attached hydrogen (secondary N) is 1. The van der Waals surface area contributed by atoms with Crippen LogP contribution in [0.4, 0.5) is 4.39 Å². The molecule has 7 heteroatoms. The van der Waals surface area contributed by atoms with Gasteiger partial charge in [0.25, 0.3) is 5.91 Å². The van der Waals surface area contributed by atoms with Crippen LogP contribution >= 0.6 is 0 Å². The monoisotopic (exact) mass is 366 g/mol. The molecule has 1 aliphatic rings. The van der Waals surface area contributed by atoms with Crippen LogP contribution in [0.5, 0.6) is 0 Å². The van der Waals surface area contributed by atoms with Crippen molar-refractivity contribution in [2.45, 2.75) is 31.8 Å². The van der Waals surface area contributed by atoms with E-state index in [9.17, 15) is 19.1 Å². The maximum atomic E-state index is 13.6. The van der Waals surface area contributed by atoms with Gasteiger partial charge in [-0.1, -0.05) is 19.1 Å². The molecule has 1 aliphatic heterocycles. The van der Waals surface area contributed by atoms with E-state index in [0.29, 0.717) is 32.5 Å². The number of piperidine rings is 1. The third-order valence-corrected chi connectivity index (χ3v) is 5.06. The highest BCUT2D eigenvalue weighted by Gasteiger charge is 2.39. The number of likely N-dealkylation sites (tertiary alicyclic amines) is 1. The molecule has 1 aromatic rings. The van der Waals surface area contributed by atoms with Gasteiger partial charge in [0.1, 0.15) is 5.82 Å². The van der Waals surface area contributed by atoms with E-state index in [4.69, 9.17) is 4.74 Å². The van der Waals surface area contributed by atoms with Crippen molar-refractivity contribution < 1.29 is 23.8 Å². The van der Waals surface area contributed by atoms with Gasteiger partial charge in [-0.25, -0.2) is 4.39 Å². The summed E-state index contributed by atoms with van der Waals surface area (Å²) in [6.07, 6.45) is 1.19. The molecule has 0 bridgehead atoms. The van der Waals surface area contributed by atoms with Gasteiger partial charge in [0.05, 0.1) is 11.2 Å². The van der Waals surface area contributed by atoms with Crippen molar-refractivity contribution in [3.05, 3.63) is 35.6 Å². The minimum Gasteiger partial charge on any atom is -0.389 e. The lowest BCUT2D eigenvalue weighted by Crippen LogP contribution is -2.53. The van der Waals surface area contributed by atoms with Crippen LogP contribution in [0.3, 0.4) is 0 Å². The Morgan fingerprint density at radius 3 is 2.81 bits per heavy atom. The molecule has 0 saturated carbocycles. The van der Waals surface area contributed by atoms with Crippen LogP contribution in [0.2, 0.25) is 0 Å². The summed E-state index contributed by atoms with van der Waals surface area (Å²) in [6, 6.07) is 5.73. The molecule has 1 saturated heterocycles. The van der Waals surface area contributed by atoms with Crippen molar-refractivity contribution >= 4 is 11.8 Å². The number of aliphatic hydroxyl groups is 1. The summed E-state index contributed by atoms with van der Waals surface area (Å²) < 4.78 is 18.6. The van der Waals surface area contributed by atoms with Gasteiger partial charge in [0.15, 0.2) is 0 Å². The van der Waals surface area contributed by atoms with Crippen LogP contribution in [0.25, 0.3) is 0 Å². The van der Waals surface area contributed by atoms with E-state index in [1.165, 1.54) is 18.2 Å². The topological polar surface area (TPSA) is 78.9 Å². The summed E-state index contributed by atoms with van der Waals surface area (Å²) in [4.78, 5) is 26.0. The summed E-state index contributed by atoms with van der Waals surface area (Å²) in [7, 11) is 1.60. The minimum atomic E-state index is -0.814. The van der Waals surface area contributed by atoms with E-state index in [0.717, 1.165) is 0 Å². The highest BCUT2D eigenvalue weighted by atomic mass is 19.1. The number of amides is 2. The zero-order valence-corrected chi connectivity index (χ0v) is 15.3. The fourth-order valence-corrected chi connectivity index (χ4v) is 3.23. The Morgan fingerprint density at radius 1 is 1.42 bits per heavy atom. The zero-order chi connectivity index (χ0) is 19.2. The highest BCUT2D eigenvalue weighted by Crippen LogP contribution is 2.31. The molecular weight excluding hydrogens is 339 g/mol. The molecule has 2 N–H and O–H groups in total. The van der Waals surface area contributed by atoms with E-state index in [-0.39, 0.29) is 30.4 Å². The van der Waals surface area contributed by atoms with Gasteiger partial charge in [0.2, 0.25) is 5.91 Å². The average Bonchev–Trinajstić information content (AvgIpc) is 2.62. The largest absolute Gasteiger partial charge is 0.389 e. The number of benzene rings is 1. The molecule has 0 unspecified atom stereocenters. The normalized spacial score (nSPS) is 22.9. The number of rotatable bonds is 7. The molecule has 2 atom stereocenters. The average molecular weight is 366 g/mol. The van der Waals surface area contributed by atoms with Crippen LogP contribution in [0, 0.1) is 11.7 Å². The highest BCUT2D eigenvalue weighted by molar-refractivity contribution is 5.94. The third-order valence-electron chi connectivity index (χ3n) is 5.06. The van der Waals surface area contributed by atoms with Crippen molar-refractivity contribution in [2.24, 2.45) is 5.92 Å². The molecule has 1 heterocycles. The van der Waals surface area contributed by atoms with E-state index >= 15 is 0 Å². The Hall–Kier alpha value is -1.99. The predicted octanol–water partition coefficient (Wildman–Crippen LogP) is 1.58. The first-order valence-electron chi connectivity index (χ1n) is 8.89. The molecule has 144 valence electrons. The van der Waals surface area contributed by atoms with Gasteiger partial charge in [-0.3, -0.25) is 9.59 Å². The zero-order valence-electron chi connectivity index (χ0n) is 15.3. The summed E-state index contributed by atoms with van der Waals surface area (Å²) >= 11 is 0. The molecule has 0 aliphatic carbocycles. The first-order valence-corrected chi connectivity index (χ1v) is 8.89. The van der Waals surface area contributed by atoms with Crippen molar-refractivity contribution in [3.63, 3.8) is 0 Å². The lowest BCUT2D eigenvalue weighted by molar-refractivity contribution is -0.140. The molecule has 0 radical (unpaired) electrons. The van der Waals surface area contributed by atoms with Crippen LogP contribution < -0.4 is 5.32 Å². The fraction of sp³-hybridized carbons (Fsp3) is 0.579. The van der Waals surface area contributed by atoms with Crippen molar-refractivity contribution in [1.82, 2.24) is 10.2 Å². The molecule has 6 nitrogen and oxygen atoms in total. The number of halogens is 1. The molecule has 0 aromatic heterocycles. The molecule has 1 aromatic carbocycles. The van der Waals surface area contributed by atoms with Crippen LogP contribution in [0.1, 0.15) is 36.5 Å². The van der Waals surface area contributed by atoms with Crippen LogP contribution in [-0.2, 0) is 9.53 Å². The summed E-state index contributed by atoms with van der Waals surface area (Å²) in [5.41, 5.74) is -0.846. The number of hydrogen-bond acceptors (Lipinski definition) is 4. The standard InChI is InChI=1S/C19H27FN2O4/c1-14-13-22(11-8-19(14,25)9-12-26-2)17(23)7-10-21-18(24)15-5-3-4-6-16(15)20/h3-6,14,25H,7-13H2,1-2H3,(H,21,24)/t14-,19-/m1/s1. The second kappa shape index (κ2) is 9.09. The first-order chi connectivity index (χ1) is 12.4. The van der Waals surface area contributed by atoms with Gasteiger partial charge >= 0.3 is 0 Å². The fourth-order valence-electron chi connectivity index (χ4n) is 3.23. The second-order valence-corrected chi connectivity index (χ2v) is 6.82. The van der Waals surface area contributed by atoms with Gasteiger partial charge in [-0.15, -0.1) is 0 Å². The first kappa shape index (κ1) is 20.3. The quantitative estimate of drug-likeness (QED) is 0.768. The van der Waals surface area contributed by atoms with E-state index in [1.54, 1.807) is 18.1 Å². The maximum Gasteiger partial charge on any atom is 0.254 e. The van der Waals surface area contributed by atoms with Crippen LogP contribution in [0.15, 0.2) is 24.3 Å². The summed E-state index contributed by atoms with van der Waals surface area (Å²) in [5.74, 6) is -1.25. The van der Waals surface area contributed by atoms with E-state index < -0.39 is 17.3 Å². The number of carbonyl (C=O) groups is 2. The molecule has 2 rings (SSSR count). The molecule has 0 spiro atoms. The SMILES string of the molecule is COCC[C@]1(O)CCN(C(=O)CCNC(=O)c2ccccc2F)C[C@H]1C. The lowest BCUT2D eigenvalue weighted by atomic mass is 9.80. The summed E-state index contributed by atoms with van der Waals surface area (Å²) in [5, 5.41) is 13.2. The Labute approximate surface area is 153 Å². The third kappa shape index (κ3) is 5.02. The second-order valence-electron chi connectivity index (χ2n) is 6.82. The van der Waals surface area contributed by atoms with Gasteiger partial charge in [-0.2, -0.15) is 0 Å². The minimum absolute atomic E-state index is 0.0326. The number of hydrogen-bond donors (Lipinski definition) is 2. The Kier molecular flexibility index (Phi) is 7.11. The number of carbonyl (C=O) groups excluding carboxylic acids is 2. The molecule has 26 heavy (non-hydrogen) atoms. The Morgan fingerprint density at radius 2 is 2.15 bits per heavy atom. The van der Waals surface area contributed by atoms with E-state index in [2.05, 4.69) is 5.32 Å². The van der Waals surface area contributed by atoms with Crippen LogP contribution in [-0.4, -0.2) is 60.8 Å². The van der Waals surface area contributed by atoms with Crippen molar-refractivity contribution in [2.75, 3.05) is 33.4 Å². The van der Waals surface area contributed by atoms with Gasteiger partial charge in [0, 0.05) is 45.7 Å². The predicted molar refractivity (Wildman–Crippen MR) is 95.2 cm³/mol. The molecular formula is C19H27FN2O4. The number of ether oxygens (including phenoxy) is 1. The molecule has 2 amide bonds. The maximum absolute atomic E-state index is 13.6. The van der Waals surface area contributed by atoms with Gasteiger partial charge in [-0.05, 0) is 25.0 Å². The van der Waals surface area contributed by atoms with E-state index in [1.807, 2.05) is 6.92 Å². The van der Waals surface area contributed by atoms with Crippen molar-refractivity contribution in [3.8, 4) is 0 Å². The number of nitrogens with zero attached hydrogens (tertiary/aromatic N) is 1. The smallest absolute Gasteiger partial charge is 0.254 e. The number of methoxy groups -OCH3 is 1. The van der Waals surface area contributed by atoms with Gasteiger partial charge < -0.3 is 20.1 Å².